The van der Waals surface area contributed by atoms with Crippen molar-refractivity contribution in [3.63, 3.8) is 0 Å². The lowest BCUT2D eigenvalue weighted by molar-refractivity contribution is 0.282. The molecule has 0 aliphatic carbocycles. The topological polar surface area (TPSA) is 42.4 Å². The van der Waals surface area contributed by atoms with Crippen molar-refractivity contribution in [1.29, 1.82) is 0 Å². The molecule has 19 heavy (non-hydrogen) atoms. The van der Waals surface area contributed by atoms with Crippen LogP contribution in [0.4, 0.5) is 0 Å². The highest BCUT2D eigenvalue weighted by atomic mass is 16.5. The Balaban J connectivity index is 1.98. The van der Waals surface area contributed by atoms with Gasteiger partial charge >= 0.3 is 0 Å². The van der Waals surface area contributed by atoms with Crippen molar-refractivity contribution in [1.82, 2.24) is 4.98 Å². The molecule has 3 nitrogen and oxygen atoms in total. The fourth-order valence-corrected chi connectivity index (χ4v) is 1.97. The van der Waals surface area contributed by atoms with E-state index >= 15 is 0 Å². The Morgan fingerprint density at radius 2 is 1.89 bits per heavy atom. The molecule has 0 amide bonds. The largest absolute Gasteiger partial charge is 0.457 e. The van der Waals surface area contributed by atoms with E-state index in [9.17, 15) is 5.11 Å². The minimum absolute atomic E-state index is 0.0662. The van der Waals surface area contributed by atoms with E-state index < -0.39 is 0 Å². The summed E-state index contributed by atoms with van der Waals surface area (Å²) in [6, 6.07) is 15.3. The Hall–Kier alpha value is -2.39. The molecule has 0 spiro atoms. The van der Waals surface area contributed by atoms with Crippen LogP contribution in [0.15, 0.2) is 54.7 Å². The van der Waals surface area contributed by atoms with Crippen LogP contribution in [0, 0.1) is 6.20 Å². The molecule has 0 unspecified atom stereocenters. The normalized spacial score (nSPS) is 10.6. The van der Waals surface area contributed by atoms with Crippen LogP contribution in [0.5, 0.6) is 11.5 Å². The molecule has 1 N–H and O–H groups in total. The summed E-state index contributed by atoms with van der Waals surface area (Å²) in [4.78, 5) is 3.99. The SMILES string of the molecule is OCc1[c]ncc2cc(Oc3ccccc3)ccc12. The summed E-state index contributed by atoms with van der Waals surface area (Å²) in [7, 11) is 0. The molecule has 0 aliphatic rings. The highest BCUT2D eigenvalue weighted by Gasteiger charge is 2.03. The summed E-state index contributed by atoms with van der Waals surface area (Å²) in [6.07, 6.45) is 4.50. The number of aliphatic hydroxyl groups excluding tert-OH is 1. The van der Waals surface area contributed by atoms with Crippen LogP contribution >= 0.6 is 0 Å². The van der Waals surface area contributed by atoms with Gasteiger partial charge in [-0.2, -0.15) is 0 Å². The number of aromatic nitrogens is 1. The minimum atomic E-state index is -0.0662. The van der Waals surface area contributed by atoms with Gasteiger partial charge in [-0.3, -0.25) is 4.98 Å². The van der Waals surface area contributed by atoms with Crippen molar-refractivity contribution in [2.75, 3.05) is 0 Å². The maximum atomic E-state index is 9.24. The molecule has 0 saturated heterocycles. The van der Waals surface area contributed by atoms with Gasteiger partial charge in [0.1, 0.15) is 11.5 Å². The number of hydrogen-bond donors (Lipinski definition) is 1. The molecule has 0 fully saturated rings. The first kappa shape index (κ1) is 11.7. The predicted octanol–water partition coefficient (Wildman–Crippen LogP) is 3.32. The van der Waals surface area contributed by atoms with Gasteiger partial charge in [-0.15, -0.1) is 0 Å². The lowest BCUT2D eigenvalue weighted by Gasteiger charge is -2.07. The van der Waals surface area contributed by atoms with E-state index in [0.717, 1.165) is 22.3 Å². The molecule has 3 aromatic rings. The number of nitrogens with zero attached hydrogens (tertiary/aromatic N) is 1. The Bertz CT molecular complexity index is 695. The molecule has 1 radical (unpaired) electrons. The van der Waals surface area contributed by atoms with Gasteiger partial charge in [0, 0.05) is 17.1 Å². The number of hydrogen-bond acceptors (Lipinski definition) is 3. The van der Waals surface area contributed by atoms with Crippen LogP contribution in [0.1, 0.15) is 5.56 Å². The van der Waals surface area contributed by atoms with Gasteiger partial charge in [0.25, 0.3) is 0 Å². The fourth-order valence-electron chi connectivity index (χ4n) is 1.97. The first-order chi connectivity index (χ1) is 9.36. The van der Waals surface area contributed by atoms with Crippen LogP contribution in [0.3, 0.4) is 0 Å². The van der Waals surface area contributed by atoms with Crippen molar-refractivity contribution in [3.8, 4) is 11.5 Å². The van der Waals surface area contributed by atoms with Crippen molar-refractivity contribution in [2.45, 2.75) is 6.61 Å². The smallest absolute Gasteiger partial charge is 0.128 e. The van der Waals surface area contributed by atoms with E-state index in [1.807, 2.05) is 48.5 Å². The van der Waals surface area contributed by atoms with Gasteiger partial charge in [0.05, 0.1) is 12.8 Å². The molecule has 1 aromatic heterocycles. The first-order valence-electron chi connectivity index (χ1n) is 6.00. The Labute approximate surface area is 111 Å². The van der Waals surface area contributed by atoms with Crippen LogP contribution < -0.4 is 4.74 Å². The van der Waals surface area contributed by atoms with Crippen molar-refractivity contribution in [2.24, 2.45) is 0 Å². The third-order valence-corrected chi connectivity index (χ3v) is 2.89. The van der Waals surface area contributed by atoms with E-state index in [4.69, 9.17) is 4.74 Å². The Kier molecular flexibility index (Phi) is 3.12. The second-order valence-electron chi connectivity index (χ2n) is 4.17. The minimum Gasteiger partial charge on any atom is -0.457 e. The molecule has 0 saturated carbocycles. The van der Waals surface area contributed by atoms with Crippen LogP contribution in [-0.4, -0.2) is 10.1 Å². The van der Waals surface area contributed by atoms with Gasteiger partial charge in [0.15, 0.2) is 0 Å². The highest BCUT2D eigenvalue weighted by molar-refractivity contribution is 5.85. The summed E-state index contributed by atoms with van der Waals surface area (Å²) in [6.45, 7) is -0.0662. The van der Waals surface area contributed by atoms with Gasteiger partial charge in [-0.1, -0.05) is 24.3 Å². The van der Waals surface area contributed by atoms with Crippen LogP contribution in [0.25, 0.3) is 10.8 Å². The monoisotopic (exact) mass is 250 g/mol. The Morgan fingerprint density at radius 1 is 1.05 bits per heavy atom. The maximum absolute atomic E-state index is 9.24. The average Bonchev–Trinajstić information content (AvgIpc) is 2.47. The average molecular weight is 250 g/mol. The number of para-hydroxylation sites is 1. The summed E-state index contributed by atoms with van der Waals surface area (Å²) in [5.41, 5.74) is 0.698. The summed E-state index contributed by atoms with van der Waals surface area (Å²) < 4.78 is 5.76. The molecule has 0 bridgehead atoms. The van der Waals surface area contributed by atoms with Crippen LogP contribution in [0.2, 0.25) is 0 Å². The van der Waals surface area contributed by atoms with Gasteiger partial charge < -0.3 is 9.84 Å². The number of fused-ring (bicyclic) bond motifs is 1. The van der Waals surface area contributed by atoms with E-state index in [1.165, 1.54) is 0 Å². The second-order valence-corrected chi connectivity index (χ2v) is 4.17. The fraction of sp³-hybridized carbons (Fsp3) is 0.0625. The zero-order chi connectivity index (χ0) is 13.1. The van der Waals surface area contributed by atoms with Gasteiger partial charge in [-0.05, 0) is 29.7 Å². The van der Waals surface area contributed by atoms with E-state index in [1.54, 1.807) is 6.20 Å². The number of ether oxygens (including phenoxy) is 1. The second kappa shape index (κ2) is 5.08. The standard InChI is InChI=1S/C16H12NO2/c18-11-13-10-17-9-12-8-15(6-7-16(12)13)19-14-4-2-1-3-5-14/h1-9,18H,11H2. The van der Waals surface area contributed by atoms with Crippen molar-refractivity contribution in [3.05, 3.63) is 66.5 Å². The van der Waals surface area contributed by atoms with E-state index in [2.05, 4.69) is 11.2 Å². The summed E-state index contributed by atoms with van der Waals surface area (Å²) >= 11 is 0. The summed E-state index contributed by atoms with van der Waals surface area (Å²) in [5, 5.41) is 11.1. The third-order valence-electron chi connectivity index (χ3n) is 2.89. The lowest BCUT2D eigenvalue weighted by atomic mass is 10.1. The predicted molar refractivity (Wildman–Crippen MR) is 73.0 cm³/mol. The molecular weight excluding hydrogens is 238 g/mol. The maximum Gasteiger partial charge on any atom is 0.128 e. The quantitative estimate of drug-likeness (QED) is 0.775. The molecule has 3 heteroatoms. The molecule has 93 valence electrons. The number of benzene rings is 2. The summed E-state index contributed by atoms with van der Waals surface area (Å²) in [5.74, 6) is 1.54. The number of pyridine rings is 1. The zero-order valence-corrected chi connectivity index (χ0v) is 10.2. The molecule has 0 aliphatic heterocycles. The first-order valence-corrected chi connectivity index (χ1v) is 6.00. The van der Waals surface area contributed by atoms with Crippen molar-refractivity contribution < 1.29 is 9.84 Å². The molecule has 1 heterocycles. The lowest BCUT2D eigenvalue weighted by Crippen LogP contribution is -1.90. The molecular formula is C16H12NO2. The third kappa shape index (κ3) is 2.41. The number of aliphatic hydroxyl groups is 1. The van der Waals surface area contributed by atoms with Crippen LogP contribution in [-0.2, 0) is 6.61 Å². The van der Waals surface area contributed by atoms with Gasteiger partial charge in [-0.25, -0.2) is 0 Å². The highest BCUT2D eigenvalue weighted by Crippen LogP contribution is 2.26. The Morgan fingerprint density at radius 3 is 2.68 bits per heavy atom. The van der Waals surface area contributed by atoms with Crippen molar-refractivity contribution >= 4 is 10.8 Å². The van der Waals surface area contributed by atoms with E-state index in [0.29, 0.717) is 5.56 Å². The molecule has 2 aromatic carbocycles. The molecule has 0 atom stereocenters. The van der Waals surface area contributed by atoms with E-state index in [-0.39, 0.29) is 6.61 Å². The van der Waals surface area contributed by atoms with Gasteiger partial charge in [0.2, 0.25) is 0 Å². The zero-order valence-electron chi connectivity index (χ0n) is 10.2. The molecule has 3 rings (SSSR count). The number of rotatable bonds is 3.